The molecule has 3 aromatic rings. The molecule has 0 radical (unpaired) electrons. The number of ether oxygens (including phenoxy) is 1. The van der Waals surface area contributed by atoms with E-state index < -0.39 is 0 Å². The third kappa shape index (κ3) is 3.26. The number of benzene rings is 1. The van der Waals surface area contributed by atoms with Crippen LogP contribution in [0.1, 0.15) is 11.3 Å². The Balaban J connectivity index is 1.99. The molecular weight excluding hydrogens is 296 g/mol. The second-order valence-electron chi connectivity index (χ2n) is 4.91. The Morgan fingerprint density at radius 2 is 1.95 bits per heavy atom. The molecule has 4 heteroatoms. The van der Waals surface area contributed by atoms with Crippen LogP contribution in [-0.4, -0.2) is 17.1 Å². The van der Waals surface area contributed by atoms with Crippen molar-refractivity contribution in [2.75, 3.05) is 7.11 Å². The van der Waals surface area contributed by atoms with E-state index >= 15 is 0 Å². The molecule has 0 amide bonds. The zero-order valence-corrected chi connectivity index (χ0v) is 12.9. The first-order chi connectivity index (χ1) is 10.8. The third-order valence-corrected chi connectivity index (χ3v) is 3.58. The average molecular weight is 311 g/mol. The molecule has 3 rings (SSSR count). The standard InChI is InChI=1S/C18H15ClN2O/c1-22-18-17(14-5-4-6-15(19)11-14)10-13(12-21-18)9-16-7-2-3-8-20-16/h2-8,10-12H,9H2,1H3. The number of halogens is 1. The Morgan fingerprint density at radius 1 is 1.05 bits per heavy atom. The van der Waals surface area contributed by atoms with E-state index in [-0.39, 0.29) is 0 Å². The number of rotatable bonds is 4. The van der Waals surface area contributed by atoms with Crippen molar-refractivity contribution < 1.29 is 4.74 Å². The highest BCUT2D eigenvalue weighted by atomic mass is 35.5. The molecule has 110 valence electrons. The van der Waals surface area contributed by atoms with Gasteiger partial charge in [0.15, 0.2) is 0 Å². The van der Waals surface area contributed by atoms with E-state index in [4.69, 9.17) is 16.3 Å². The monoisotopic (exact) mass is 310 g/mol. The number of pyridine rings is 2. The molecule has 0 saturated heterocycles. The molecule has 0 bridgehead atoms. The van der Waals surface area contributed by atoms with Gasteiger partial charge in [0.2, 0.25) is 5.88 Å². The van der Waals surface area contributed by atoms with Crippen molar-refractivity contribution in [2.45, 2.75) is 6.42 Å². The summed E-state index contributed by atoms with van der Waals surface area (Å²) >= 11 is 6.09. The Bertz CT molecular complexity index is 775. The maximum atomic E-state index is 6.09. The predicted octanol–water partition coefficient (Wildman–Crippen LogP) is 4.40. The maximum Gasteiger partial charge on any atom is 0.221 e. The first kappa shape index (κ1) is 14.5. The van der Waals surface area contributed by atoms with Crippen LogP contribution in [0.15, 0.2) is 60.9 Å². The Labute approximate surface area is 134 Å². The highest BCUT2D eigenvalue weighted by molar-refractivity contribution is 6.30. The Morgan fingerprint density at radius 3 is 2.68 bits per heavy atom. The Kier molecular flexibility index (Phi) is 4.35. The van der Waals surface area contributed by atoms with Gasteiger partial charge in [0.25, 0.3) is 0 Å². The van der Waals surface area contributed by atoms with Crippen molar-refractivity contribution in [3.8, 4) is 17.0 Å². The Hall–Kier alpha value is -2.39. The number of hydrogen-bond donors (Lipinski definition) is 0. The van der Waals surface area contributed by atoms with E-state index in [1.54, 1.807) is 13.3 Å². The first-order valence-electron chi connectivity index (χ1n) is 6.95. The van der Waals surface area contributed by atoms with E-state index in [9.17, 15) is 0 Å². The summed E-state index contributed by atoms with van der Waals surface area (Å²) in [5.74, 6) is 0.590. The summed E-state index contributed by atoms with van der Waals surface area (Å²) in [5.41, 5.74) is 4.00. The lowest BCUT2D eigenvalue weighted by Crippen LogP contribution is -1.97. The number of nitrogens with zero attached hydrogens (tertiary/aromatic N) is 2. The van der Waals surface area contributed by atoms with Gasteiger partial charge in [0, 0.05) is 35.1 Å². The van der Waals surface area contributed by atoms with Crippen LogP contribution in [0.25, 0.3) is 11.1 Å². The minimum atomic E-state index is 0.590. The van der Waals surface area contributed by atoms with Gasteiger partial charge < -0.3 is 4.74 Å². The van der Waals surface area contributed by atoms with Crippen LogP contribution in [0.5, 0.6) is 5.88 Å². The molecule has 0 aliphatic carbocycles. The molecule has 2 aromatic heterocycles. The lowest BCUT2D eigenvalue weighted by atomic mass is 10.0. The third-order valence-electron chi connectivity index (χ3n) is 3.35. The van der Waals surface area contributed by atoms with Gasteiger partial charge in [-0.3, -0.25) is 4.98 Å². The largest absolute Gasteiger partial charge is 0.481 e. The van der Waals surface area contributed by atoms with E-state index in [1.165, 1.54) is 0 Å². The lowest BCUT2D eigenvalue weighted by molar-refractivity contribution is 0.399. The van der Waals surface area contributed by atoms with Crippen LogP contribution in [0.2, 0.25) is 5.02 Å². The minimum Gasteiger partial charge on any atom is -0.481 e. The van der Waals surface area contributed by atoms with Crippen LogP contribution in [0.4, 0.5) is 0 Å². The van der Waals surface area contributed by atoms with Crippen LogP contribution < -0.4 is 4.74 Å². The molecule has 0 spiro atoms. The summed E-state index contributed by atoms with van der Waals surface area (Å²) in [6, 6.07) is 15.6. The van der Waals surface area contributed by atoms with Crippen molar-refractivity contribution in [2.24, 2.45) is 0 Å². The predicted molar refractivity (Wildman–Crippen MR) is 88.3 cm³/mol. The van der Waals surface area contributed by atoms with Gasteiger partial charge in [0.1, 0.15) is 0 Å². The van der Waals surface area contributed by atoms with Crippen molar-refractivity contribution in [1.82, 2.24) is 9.97 Å². The van der Waals surface area contributed by atoms with Gasteiger partial charge >= 0.3 is 0 Å². The van der Waals surface area contributed by atoms with Crippen LogP contribution >= 0.6 is 11.6 Å². The summed E-state index contributed by atoms with van der Waals surface area (Å²) < 4.78 is 5.38. The molecule has 3 nitrogen and oxygen atoms in total. The van der Waals surface area contributed by atoms with Gasteiger partial charge in [-0.25, -0.2) is 4.98 Å². The molecule has 1 aromatic carbocycles. The van der Waals surface area contributed by atoms with Crippen LogP contribution in [0, 0.1) is 0 Å². The minimum absolute atomic E-state index is 0.590. The van der Waals surface area contributed by atoms with Crippen molar-refractivity contribution in [3.63, 3.8) is 0 Å². The van der Waals surface area contributed by atoms with E-state index in [2.05, 4.69) is 16.0 Å². The average Bonchev–Trinajstić information content (AvgIpc) is 2.56. The molecule has 0 unspecified atom stereocenters. The van der Waals surface area contributed by atoms with E-state index in [0.29, 0.717) is 10.9 Å². The molecule has 0 fully saturated rings. The molecule has 0 aliphatic heterocycles. The van der Waals surface area contributed by atoms with Crippen molar-refractivity contribution in [1.29, 1.82) is 0 Å². The van der Waals surface area contributed by atoms with Crippen LogP contribution in [0.3, 0.4) is 0 Å². The fourth-order valence-electron chi connectivity index (χ4n) is 2.33. The second kappa shape index (κ2) is 6.58. The summed E-state index contributed by atoms with van der Waals surface area (Å²) in [4.78, 5) is 8.76. The molecule has 2 heterocycles. The van der Waals surface area contributed by atoms with Gasteiger partial charge in [-0.1, -0.05) is 29.8 Å². The normalized spacial score (nSPS) is 10.5. The highest BCUT2D eigenvalue weighted by Crippen LogP contribution is 2.30. The summed E-state index contributed by atoms with van der Waals surface area (Å²) in [5, 5.41) is 0.690. The fourth-order valence-corrected chi connectivity index (χ4v) is 2.52. The topological polar surface area (TPSA) is 35.0 Å². The smallest absolute Gasteiger partial charge is 0.221 e. The molecule has 22 heavy (non-hydrogen) atoms. The number of aromatic nitrogens is 2. The van der Waals surface area contributed by atoms with E-state index in [1.807, 2.05) is 48.7 Å². The SMILES string of the molecule is COc1ncc(Cc2ccccn2)cc1-c1cccc(Cl)c1. The summed E-state index contributed by atoms with van der Waals surface area (Å²) in [6.07, 6.45) is 4.34. The van der Waals surface area contributed by atoms with Gasteiger partial charge in [-0.05, 0) is 41.5 Å². The molecule has 0 saturated carbocycles. The summed E-state index contributed by atoms with van der Waals surface area (Å²) in [6.45, 7) is 0. The fraction of sp³-hybridized carbons (Fsp3) is 0.111. The molecule has 0 atom stereocenters. The first-order valence-corrected chi connectivity index (χ1v) is 7.33. The van der Waals surface area contributed by atoms with Gasteiger partial charge in [-0.2, -0.15) is 0 Å². The zero-order chi connectivity index (χ0) is 15.4. The molecular formula is C18H15ClN2O. The van der Waals surface area contributed by atoms with Crippen molar-refractivity contribution >= 4 is 11.6 Å². The lowest BCUT2D eigenvalue weighted by Gasteiger charge is -2.10. The van der Waals surface area contributed by atoms with Gasteiger partial charge in [0.05, 0.1) is 7.11 Å². The zero-order valence-electron chi connectivity index (χ0n) is 12.2. The quantitative estimate of drug-likeness (QED) is 0.716. The highest BCUT2D eigenvalue weighted by Gasteiger charge is 2.10. The van der Waals surface area contributed by atoms with Crippen LogP contribution in [-0.2, 0) is 6.42 Å². The van der Waals surface area contributed by atoms with Gasteiger partial charge in [-0.15, -0.1) is 0 Å². The summed E-state index contributed by atoms with van der Waals surface area (Å²) in [7, 11) is 1.62. The number of methoxy groups -OCH3 is 1. The van der Waals surface area contributed by atoms with Crippen molar-refractivity contribution in [3.05, 3.63) is 77.2 Å². The van der Waals surface area contributed by atoms with E-state index in [0.717, 1.165) is 28.8 Å². The number of hydrogen-bond acceptors (Lipinski definition) is 3. The molecule has 0 N–H and O–H groups in total. The molecule has 0 aliphatic rings. The maximum absolute atomic E-state index is 6.09. The second-order valence-corrected chi connectivity index (χ2v) is 5.35.